The zero-order valence-electron chi connectivity index (χ0n) is 11.8. The molecule has 108 valence electrons. The zero-order valence-corrected chi connectivity index (χ0v) is 11.8. The lowest BCUT2D eigenvalue weighted by Crippen LogP contribution is -2.53. The van der Waals surface area contributed by atoms with Crippen LogP contribution in [0.3, 0.4) is 0 Å². The number of hydrogen-bond donors (Lipinski definition) is 2. The highest BCUT2D eigenvalue weighted by molar-refractivity contribution is 5.81. The Balaban J connectivity index is 1.87. The predicted octanol–water partition coefficient (Wildman–Crippen LogP) is 0.703. The molecule has 1 aromatic carbocycles. The predicted molar refractivity (Wildman–Crippen MR) is 77.3 cm³/mol. The van der Waals surface area contributed by atoms with Crippen LogP contribution in [0.25, 0.3) is 0 Å². The van der Waals surface area contributed by atoms with Crippen molar-refractivity contribution in [3.63, 3.8) is 0 Å². The first-order chi connectivity index (χ1) is 9.70. The molecule has 1 amide bonds. The smallest absolute Gasteiger partial charge is 0.239 e. The number of amides is 1. The number of rotatable bonds is 2. The van der Waals surface area contributed by atoms with Gasteiger partial charge in [0, 0.05) is 25.3 Å². The van der Waals surface area contributed by atoms with Crippen LogP contribution in [-0.2, 0) is 16.0 Å². The third kappa shape index (κ3) is 2.27. The Morgan fingerprint density at radius 3 is 3.15 bits per heavy atom. The van der Waals surface area contributed by atoms with Crippen molar-refractivity contribution in [1.29, 1.82) is 0 Å². The minimum absolute atomic E-state index is 0.0357. The molecule has 1 aliphatic heterocycles. The van der Waals surface area contributed by atoms with Crippen LogP contribution in [0.1, 0.15) is 23.6 Å². The number of fused-ring (bicyclic) bond motifs is 1. The van der Waals surface area contributed by atoms with Crippen molar-refractivity contribution in [2.24, 2.45) is 0 Å². The number of nitrogen functional groups attached to an aromatic ring is 1. The average Bonchev–Trinajstić information content (AvgIpc) is 2.89. The summed E-state index contributed by atoms with van der Waals surface area (Å²) >= 11 is 0. The van der Waals surface area contributed by atoms with Crippen LogP contribution in [-0.4, -0.2) is 43.7 Å². The third-order valence-electron chi connectivity index (χ3n) is 4.33. The number of nitrogens with one attached hydrogen (secondary N) is 1. The Morgan fingerprint density at radius 2 is 2.35 bits per heavy atom. The first kappa shape index (κ1) is 13.4. The number of hydrogen-bond acceptors (Lipinski definition) is 4. The second-order valence-corrected chi connectivity index (χ2v) is 5.46. The molecule has 5 nitrogen and oxygen atoms in total. The molecular formula is C15H21N3O2. The summed E-state index contributed by atoms with van der Waals surface area (Å²) in [5, 5.41) is 2.74. The van der Waals surface area contributed by atoms with Gasteiger partial charge in [-0.05, 0) is 36.1 Å². The largest absolute Gasteiger partial charge is 0.399 e. The lowest BCUT2D eigenvalue weighted by molar-refractivity contribution is -0.134. The van der Waals surface area contributed by atoms with Gasteiger partial charge in [-0.15, -0.1) is 0 Å². The van der Waals surface area contributed by atoms with Gasteiger partial charge in [-0.1, -0.05) is 6.07 Å². The SMILES string of the molecule is CNC(=O)C1COCCN1C1CCc2cc(N)ccc21. The number of ether oxygens (including phenoxy) is 1. The van der Waals surface area contributed by atoms with E-state index in [4.69, 9.17) is 10.5 Å². The van der Waals surface area contributed by atoms with E-state index in [-0.39, 0.29) is 11.9 Å². The first-order valence-electron chi connectivity index (χ1n) is 7.14. The maximum atomic E-state index is 12.0. The van der Waals surface area contributed by atoms with Crippen LogP contribution in [0.5, 0.6) is 0 Å². The van der Waals surface area contributed by atoms with Gasteiger partial charge in [-0.25, -0.2) is 0 Å². The molecule has 2 unspecified atom stereocenters. The Kier molecular flexibility index (Phi) is 3.63. The highest BCUT2D eigenvalue weighted by Gasteiger charge is 2.37. The van der Waals surface area contributed by atoms with Gasteiger partial charge in [0.2, 0.25) is 5.91 Å². The van der Waals surface area contributed by atoms with Crippen LogP contribution in [0.4, 0.5) is 5.69 Å². The molecular weight excluding hydrogens is 254 g/mol. The van der Waals surface area contributed by atoms with E-state index in [1.165, 1.54) is 11.1 Å². The summed E-state index contributed by atoms with van der Waals surface area (Å²) in [4.78, 5) is 14.3. The van der Waals surface area contributed by atoms with Gasteiger partial charge in [0.25, 0.3) is 0 Å². The van der Waals surface area contributed by atoms with Gasteiger partial charge in [-0.2, -0.15) is 0 Å². The molecule has 3 N–H and O–H groups in total. The molecule has 2 atom stereocenters. The molecule has 1 aromatic rings. The second kappa shape index (κ2) is 5.42. The summed E-state index contributed by atoms with van der Waals surface area (Å²) in [5.41, 5.74) is 9.30. The standard InChI is InChI=1S/C15H21N3O2/c1-17-15(19)14-9-20-7-6-18(14)13-5-2-10-8-11(16)3-4-12(10)13/h3-4,8,13-14H,2,5-7,9,16H2,1H3,(H,17,19). The van der Waals surface area contributed by atoms with E-state index in [0.717, 1.165) is 25.1 Å². The minimum atomic E-state index is -0.192. The zero-order chi connectivity index (χ0) is 14.1. The number of nitrogens with zero attached hydrogens (tertiary/aromatic N) is 1. The van der Waals surface area contributed by atoms with E-state index in [9.17, 15) is 4.79 Å². The van der Waals surface area contributed by atoms with Crippen LogP contribution in [0.15, 0.2) is 18.2 Å². The quantitative estimate of drug-likeness (QED) is 0.780. The lowest BCUT2D eigenvalue weighted by atomic mass is 10.0. The van der Waals surface area contributed by atoms with Gasteiger partial charge in [-0.3, -0.25) is 9.69 Å². The number of morpholine rings is 1. The molecule has 0 aromatic heterocycles. The average molecular weight is 275 g/mol. The summed E-state index contributed by atoms with van der Waals surface area (Å²) in [6.07, 6.45) is 2.08. The molecule has 1 saturated heterocycles. The van der Waals surface area contributed by atoms with Crippen molar-refractivity contribution in [2.45, 2.75) is 24.9 Å². The van der Waals surface area contributed by atoms with Gasteiger partial charge >= 0.3 is 0 Å². The number of aryl methyl sites for hydroxylation is 1. The summed E-state index contributed by atoms with van der Waals surface area (Å²) in [6, 6.07) is 6.23. The van der Waals surface area contributed by atoms with E-state index in [1.807, 2.05) is 6.07 Å². The van der Waals surface area contributed by atoms with Crippen molar-refractivity contribution < 1.29 is 9.53 Å². The molecule has 20 heavy (non-hydrogen) atoms. The first-order valence-corrected chi connectivity index (χ1v) is 7.14. The van der Waals surface area contributed by atoms with Gasteiger partial charge < -0.3 is 15.8 Å². The fourth-order valence-electron chi connectivity index (χ4n) is 3.34. The summed E-state index contributed by atoms with van der Waals surface area (Å²) in [5.74, 6) is 0.0357. The van der Waals surface area contributed by atoms with E-state index >= 15 is 0 Å². The van der Waals surface area contributed by atoms with E-state index < -0.39 is 0 Å². The molecule has 1 heterocycles. The number of nitrogens with two attached hydrogens (primary N) is 1. The highest BCUT2D eigenvalue weighted by atomic mass is 16.5. The Bertz CT molecular complexity index is 518. The Hall–Kier alpha value is -1.59. The van der Waals surface area contributed by atoms with Crippen molar-refractivity contribution in [3.05, 3.63) is 29.3 Å². The van der Waals surface area contributed by atoms with Crippen molar-refractivity contribution in [3.8, 4) is 0 Å². The van der Waals surface area contributed by atoms with Crippen molar-refractivity contribution >= 4 is 11.6 Å². The number of anilines is 1. The van der Waals surface area contributed by atoms with Crippen LogP contribution in [0, 0.1) is 0 Å². The second-order valence-electron chi connectivity index (χ2n) is 5.46. The number of carbonyl (C=O) groups excluding carboxylic acids is 1. The summed E-state index contributed by atoms with van der Waals surface area (Å²) in [6.45, 7) is 1.96. The van der Waals surface area contributed by atoms with Gasteiger partial charge in [0.05, 0.1) is 13.2 Å². The molecule has 0 spiro atoms. The van der Waals surface area contributed by atoms with Gasteiger partial charge in [0.1, 0.15) is 6.04 Å². The topological polar surface area (TPSA) is 67.6 Å². The van der Waals surface area contributed by atoms with E-state index in [0.29, 0.717) is 19.3 Å². The van der Waals surface area contributed by atoms with E-state index in [1.54, 1.807) is 7.05 Å². The molecule has 5 heteroatoms. The lowest BCUT2D eigenvalue weighted by Gasteiger charge is -2.38. The Morgan fingerprint density at radius 1 is 1.50 bits per heavy atom. The number of likely N-dealkylation sites (N-methyl/N-ethyl adjacent to an activating group) is 1. The summed E-state index contributed by atoms with van der Waals surface area (Å²) < 4.78 is 5.48. The monoisotopic (exact) mass is 275 g/mol. The highest BCUT2D eigenvalue weighted by Crippen LogP contribution is 2.38. The van der Waals surface area contributed by atoms with Crippen LogP contribution >= 0.6 is 0 Å². The fourth-order valence-corrected chi connectivity index (χ4v) is 3.34. The maximum absolute atomic E-state index is 12.0. The van der Waals surface area contributed by atoms with Crippen molar-refractivity contribution in [2.75, 3.05) is 32.5 Å². The van der Waals surface area contributed by atoms with Crippen LogP contribution in [0.2, 0.25) is 0 Å². The summed E-state index contributed by atoms with van der Waals surface area (Å²) in [7, 11) is 1.68. The molecule has 0 bridgehead atoms. The van der Waals surface area contributed by atoms with Crippen molar-refractivity contribution in [1.82, 2.24) is 10.2 Å². The molecule has 3 rings (SSSR count). The molecule has 1 fully saturated rings. The Labute approximate surface area is 119 Å². The third-order valence-corrected chi connectivity index (χ3v) is 4.33. The van der Waals surface area contributed by atoms with E-state index in [2.05, 4.69) is 22.3 Å². The maximum Gasteiger partial charge on any atom is 0.239 e. The minimum Gasteiger partial charge on any atom is -0.399 e. The molecule has 0 saturated carbocycles. The van der Waals surface area contributed by atoms with Crippen LogP contribution < -0.4 is 11.1 Å². The number of benzene rings is 1. The molecule has 2 aliphatic rings. The molecule has 1 aliphatic carbocycles. The van der Waals surface area contributed by atoms with Gasteiger partial charge in [0.15, 0.2) is 0 Å². The fraction of sp³-hybridized carbons (Fsp3) is 0.533. The number of carbonyl (C=O) groups is 1. The normalized spacial score (nSPS) is 26.2. The molecule has 0 radical (unpaired) electrons.